The van der Waals surface area contributed by atoms with Crippen LogP contribution in [-0.2, 0) is 4.79 Å². The fourth-order valence-electron chi connectivity index (χ4n) is 2.11. The molecule has 3 aromatic rings. The van der Waals surface area contributed by atoms with E-state index in [-0.39, 0.29) is 17.8 Å². The summed E-state index contributed by atoms with van der Waals surface area (Å²) >= 11 is 0. The number of amides is 1. The van der Waals surface area contributed by atoms with Crippen molar-refractivity contribution in [2.75, 3.05) is 10.6 Å². The second-order valence-electron chi connectivity index (χ2n) is 5.81. The predicted molar refractivity (Wildman–Crippen MR) is 98.5 cm³/mol. The SMILES string of the molecule is CC(C)C(=O)Nc1nc(Nc2ccccc2)nc(-c2ccccc2)n1. The first-order chi connectivity index (χ1) is 12.1. The van der Waals surface area contributed by atoms with Crippen molar-refractivity contribution in [2.45, 2.75) is 13.8 Å². The average molecular weight is 333 g/mol. The molecule has 0 atom stereocenters. The maximum absolute atomic E-state index is 12.0. The molecule has 0 bridgehead atoms. The number of hydrogen-bond acceptors (Lipinski definition) is 5. The number of nitrogens with zero attached hydrogens (tertiary/aromatic N) is 3. The summed E-state index contributed by atoms with van der Waals surface area (Å²) in [6, 6.07) is 19.2. The first kappa shape index (κ1) is 16.6. The Bertz CT molecular complexity index is 850. The number of anilines is 3. The van der Waals surface area contributed by atoms with Gasteiger partial charge in [0.1, 0.15) is 0 Å². The second-order valence-corrected chi connectivity index (χ2v) is 5.81. The van der Waals surface area contributed by atoms with Gasteiger partial charge in [0.05, 0.1) is 0 Å². The Hall–Kier alpha value is -3.28. The molecule has 0 saturated heterocycles. The van der Waals surface area contributed by atoms with E-state index in [1.54, 1.807) is 0 Å². The summed E-state index contributed by atoms with van der Waals surface area (Å²) in [5.41, 5.74) is 1.70. The number of aromatic nitrogens is 3. The van der Waals surface area contributed by atoms with Crippen LogP contribution in [0.1, 0.15) is 13.8 Å². The molecule has 0 saturated carbocycles. The van der Waals surface area contributed by atoms with Crippen LogP contribution in [-0.4, -0.2) is 20.9 Å². The average Bonchev–Trinajstić information content (AvgIpc) is 2.63. The van der Waals surface area contributed by atoms with Gasteiger partial charge in [-0.3, -0.25) is 10.1 Å². The Morgan fingerprint density at radius 3 is 2.08 bits per heavy atom. The third kappa shape index (κ3) is 4.38. The molecular formula is C19H19N5O. The Morgan fingerprint density at radius 2 is 1.44 bits per heavy atom. The Morgan fingerprint density at radius 1 is 0.840 bits per heavy atom. The molecule has 1 heterocycles. The van der Waals surface area contributed by atoms with Crippen molar-refractivity contribution in [3.8, 4) is 11.4 Å². The molecule has 0 radical (unpaired) electrons. The third-order valence-corrected chi connectivity index (χ3v) is 3.46. The van der Waals surface area contributed by atoms with Gasteiger partial charge >= 0.3 is 0 Å². The van der Waals surface area contributed by atoms with E-state index in [0.29, 0.717) is 11.8 Å². The first-order valence-electron chi connectivity index (χ1n) is 8.06. The Labute approximate surface area is 146 Å². The molecule has 0 fully saturated rings. The van der Waals surface area contributed by atoms with Crippen molar-refractivity contribution in [1.29, 1.82) is 0 Å². The van der Waals surface area contributed by atoms with Crippen molar-refractivity contribution >= 4 is 23.5 Å². The molecule has 0 aliphatic carbocycles. The molecular weight excluding hydrogens is 314 g/mol. The van der Waals surface area contributed by atoms with E-state index in [1.807, 2.05) is 74.5 Å². The minimum absolute atomic E-state index is 0.143. The first-order valence-corrected chi connectivity index (χ1v) is 8.06. The highest BCUT2D eigenvalue weighted by molar-refractivity contribution is 5.90. The van der Waals surface area contributed by atoms with Crippen molar-refractivity contribution < 1.29 is 4.79 Å². The topological polar surface area (TPSA) is 79.8 Å². The van der Waals surface area contributed by atoms with Gasteiger partial charge in [0.2, 0.25) is 17.8 Å². The van der Waals surface area contributed by atoms with Gasteiger partial charge in [0.25, 0.3) is 0 Å². The van der Waals surface area contributed by atoms with Crippen molar-refractivity contribution in [1.82, 2.24) is 15.0 Å². The minimum Gasteiger partial charge on any atom is -0.324 e. The highest BCUT2D eigenvalue weighted by atomic mass is 16.2. The van der Waals surface area contributed by atoms with Crippen LogP contribution in [0.5, 0.6) is 0 Å². The summed E-state index contributed by atoms with van der Waals surface area (Å²) in [4.78, 5) is 25.1. The van der Waals surface area contributed by atoms with Crippen LogP contribution in [0, 0.1) is 5.92 Å². The van der Waals surface area contributed by atoms with Crippen LogP contribution in [0.15, 0.2) is 60.7 Å². The predicted octanol–water partition coefficient (Wildman–Crippen LogP) is 3.88. The van der Waals surface area contributed by atoms with Gasteiger partial charge in [-0.25, -0.2) is 0 Å². The highest BCUT2D eigenvalue weighted by Gasteiger charge is 2.13. The fraction of sp³-hybridized carbons (Fsp3) is 0.158. The van der Waals surface area contributed by atoms with Gasteiger partial charge in [-0.15, -0.1) is 0 Å². The van der Waals surface area contributed by atoms with E-state index in [1.165, 1.54) is 0 Å². The third-order valence-electron chi connectivity index (χ3n) is 3.46. The lowest BCUT2D eigenvalue weighted by Gasteiger charge is -2.11. The maximum atomic E-state index is 12.0. The van der Waals surface area contributed by atoms with Crippen LogP contribution < -0.4 is 10.6 Å². The molecule has 0 aliphatic rings. The zero-order valence-electron chi connectivity index (χ0n) is 14.1. The monoisotopic (exact) mass is 333 g/mol. The Balaban J connectivity index is 1.97. The quantitative estimate of drug-likeness (QED) is 0.741. The number of para-hydroxylation sites is 1. The van der Waals surface area contributed by atoms with Crippen LogP contribution in [0.4, 0.5) is 17.6 Å². The summed E-state index contributed by atoms with van der Waals surface area (Å²) in [6.07, 6.45) is 0. The summed E-state index contributed by atoms with van der Waals surface area (Å²) in [6.45, 7) is 3.63. The largest absolute Gasteiger partial charge is 0.324 e. The van der Waals surface area contributed by atoms with Gasteiger partial charge < -0.3 is 5.32 Å². The van der Waals surface area contributed by atoms with E-state index in [2.05, 4.69) is 25.6 Å². The molecule has 126 valence electrons. The molecule has 2 N–H and O–H groups in total. The van der Waals surface area contributed by atoms with Crippen LogP contribution in [0.2, 0.25) is 0 Å². The van der Waals surface area contributed by atoms with Gasteiger partial charge in [-0.1, -0.05) is 62.4 Å². The number of hydrogen-bond donors (Lipinski definition) is 2. The number of benzene rings is 2. The van der Waals surface area contributed by atoms with E-state index in [4.69, 9.17) is 0 Å². The van der Waals surface area contributed by atoms with Crippen molar-refractivity contribution in [3.63, 3.8) is 0 Å². The molecule has 3 rings (SSSR count). The van der Waals surface area contributed by atoms with Gasteiger partial charge in [-0.05, 0) is 12.1 Å². The standard InChI is InChI=1S/C19H19N5O/c1-13(2)17(25)23-19-22-16(14-9-5-3-6-10-14)21-18(24-19)20-15-11-7-4-8-12-15/h3-13H,1-2H3,(H2,20,21,22,23,24,25). The zero-order chi connectivity index (χ0) is 17.6. The lowest BCUT2D eigenvalue weighted by molar-refractivity contribution is -0.118. The molecule has 25 heavy (non-hydrogen) atoms. The smallest absolute Gasteiger partial charge is 0.234 e. The maximum Gasteiger partial charge on any atom is 0.234 e. The van der Waals surface area contributed by atoms with Gasteiger partial charge in [0, 0.05) is 17.2 Å². The molecule has 0 unspecified atom stereocenters. The lowest BCUT2D eigenvalue weighted by Crippen LogP contribution is -2.20. The van der Waals surface area contributed by atoms with Crippen molar-refractivity contribution in [2.24, 2.45) is 5.92 Å². The highest BCUT2D eigenvalue weighted by Crippen LogP contribution is 2.20. The van der Waals surface area contributed by atoms with Crippen LogP contribution >= 0.6 is 0 Å². The second kappa shape index (κ2) is 7.53. The summed E-state index contributed by atoms with van der Waals surface area (Å²) in [7, 11) is 0. The lowest BCUT2D eigenvalue weighted by atomic mass is 10.2. The molecule has 1 aromatic heterocycles. The zero-order valence-corrected chi connectivity index (χ0v) is 14.1. The normalized spacial score (nSPS) is 10.5. The van der Waals surface area contributed by atoms with Crippen molar-refractivity contribution in [3.05, 3.63) is 60.7 Å². The Kier molecular flexibility index (Phi) is 4.99. The van der Waals surface area contributed by atoms with Crippen LogP contribution in [0.3, 0.4) is 0 Å². The molecule has 1 amide bonds. The summed E-state index contributed by atoms with van der Waals surface area (Å²) in [5.74, 6) is 0.788. The number of rotatable bonds is 5. The molecule has 0 aliphatic heterocycles. The molecule has 6 nitrogen and oxygen atoms in total. The number of carbonyl (C=O) groups is 1. The number of carbonyl (C=O) groups excluding carboxylic acids is 1. The van der Waals surface area contributed by atoms with E-state index in [9.17, 15) is 4.79 Å². The summed E-state index contributed by atoms with van der Waals surface area (Å²) < 4.78 is 0. The van der Waals surface area contributed by atoms with E-state index < -0.39 is 0 Å². The molecule has 0 spiro atoms. The summed E-state index contributed by atoms with van der Waals surface area (Å²) in [5, 5.41) is 5.88. The molecule has 2 aromatic carbocycles. The molecule has 6 heteroatoms. The van der Waals surface area contributed by atoms with Gasteiger partial charge in [-0.2, -0.15) is 15.0 Å². The van der Waals surface area contributed by atoms with E-state index in [0.717, 1.165) is 11.3 Å². The number of nitrogens with one attached hydrogen (secondary N) is 2. The fourth-order valence-corrected chi connectivity index (χ4v) is 2.11. The minimum atomic E-state index is -0.164. The van der Waals surface area contributed by atoms with E-state index >= 15 is 0 Å². The van der Waals surface area contributed by atoms with Gasteiger partial charge in [0.15, 0.2) is 5.82 Å². The van der Waals surface area contributed by atoms with Crippen LogP contribution in [0.25, 0.3) is 11.4 Å².